The van der Waals surface area contributed by atoms with Gasteiger partial charge in [-0.3, -0.25) is 4.79 Å². The lowest BCUT2D eigenvalue weighted by molar-refractivity contribution is -0.135. The van der Waals surface area contributed by atoms with Gasteiger partial charge in [0, 0.05) is 29.6 Å². The normalized spacial score (nSPS) is 14.8. The zero-order valence-corrected chi connectivity index (χ0v) is 15.2. The number of hydrogen-bond donors (Lipinski definition) is 0. The van der Waals surface area contributed by atoms with Crippen LogP contribution in [0.5, 0.6) is 5.75 Å². The van der Waals surface area contributed by atoms with E-state index in [0.717, 1.165) is 19.1 Å². The lowest BCUT2D eigenvalue weighted by atomic mass is 10.1. The van der Waals surface area contributed by atoms with Crippen LogP contribution in [0.15, 0.2) is 18.2 Å². The minimum Gasteiger partial charge on any atom is -0.382 e. The van der Waals surface area contributed by atoms with Crippen LogP contribution in [-0.4, -0.2) is 32.0 Å². The molecule has 2 rings (SSSR count). The fraction of sp³-hybridized carbons (Fsp3) is 0.562. The van der Waals surface area contributed by atoms with Gasteiger partial charge in [0.25, 0.3) is 0 Å². The second-order valence-electron chi connectivity index (χ2n) is 6.36. The third-order valence-corrected chi connectivity index (χ3v) is 4.32. The van der Waals surface area contributed by atoms with Crippen molar-refractivity contribution >= 4 is 27.6 Å². The lowest BCUT2D eigenvalue weighted by Gasteiger charge is -2.25. The van der Waals surface area contributed by atoms with Gasteiger partial charge in [0.05, 0.1) is 6.26 Å². The summed E-state index contributed by atoms with van der Waals surface area (Å²) in [7, 11) is -3.64. The Balaban J connectivity index is 2.26. The molecule has 5 nitrogen and oxygen atoms in total. The maximum atomic E-state index is 12.4. The Kier molecular flexibility index (Phi) is 5.57. The van der Waals surface area contributed by atoms with Crippen LogP contribution in [0.4, 0.5) is 0 Å². The maximum Gasteiger partial charge on any atom is 0.306 e. The minimum atomic E-state index is -3.64. The molecule has 1 aliphatic carbocycles. The Hall–Kier alpha value is -1.27. The second kappa shape index (κ2) is 7.09. The number of nitrogens with zero attached hydrogens (tertiary/aromatic N) is 1. The van der Waals surface area contributed by atoms with Gasteiger partial charge in [-0.25, -0.2) is 0 Å². The summed E-state index contributed by atoms with van der Waals surface area (Å²) >= 11 is 6.02. The second-order valence-corrected chi connectivity index (χ2v) is 8.37. The average Bonchev–Trinajstić information content (AvgIpc) is 3.22. The zero-order chi connectivity index (χ0) is 17.2. The van der Waals surface area contributed by atoms with Crippen molar-refractivity contribution in [1.82, 2.24) is 4.90 Å². The molecule has 0 bridgehead atoms. The Bertz CT molecular complexity index is 683. The van der Waals surface area contributed by atoms with Crippen LogP contribution >= 0.6 is 11.6 Å². The van der Waals surface area contributed by atoms with Crippen molar-refractivity contribution in [1.29, 1.82) is 0 Å². The van der Waals surface area contributed by atoms with Gasteiger partial charge < -0.3 is 9.08 Å². The number of halogens is 1. The van der Waals surface area contributed by atoms with Gasteiger partial charge in [0.2, 0.25) is 5.91 Å². The van der Waals surface area contributed by atoms with Crippen LogP contribution in [0.1, 0.15) is 32.3 Å². The molecule has 0 spiro atoms. The highest BCUT2D eigenvalue weighted by atomic mass is 35.5. The Morgan fingerprint density at radius 2 is 2.04 bits per heavy atom. The summed E-state index contributed by atoms with van der Waals surface area (Å²) in [5.41, 5.74) is 0.595. The number of benzene rings is 1. The molecule has 0 atom stereocenters. The molecule has 0 N–H and O–H groups in total. The van der Waals surface area contributed by atoms with E-state index in [4.69, 9.17) is 15.8 Å². The largest absolute Gasteiger partial charge is 0.382 e. The highest BCUT2D eigenvalue weighted by Crippen LogP contribution is 2.32. The molecule has 128 valence electrons. The van der Waals surface area contributed by atoms with Gasteiger partial charge in [-0.1, -0.05) is 25.4 Å². The predicted octanol–water partition coefficient (Wildman–Crippen LogP) is 3.07. The molecular weight excluding hydrogens is 338 g/mol. The number of hydrogen-bond acceptors (Lipinski definition) is 4. The van der Waals surface area contributed by atoms with Crippen LogP contribution in [0.3, 0.4) is 0 Å². The van der Waals surface area contributed by atoms with Crippen molar-refractivity contribution in [3.63, 3.8) is 0 Å². The molecule has 0 aliphatic heterocycles. The molecule has 0 unspecified atom stereocenters. The van der Waals surface area contributed by atoms with Crippen molar-refractivity contribution in [2.45, 2.75) is 33.2 Å². The van der Waals surface area contributed by atoms with E-state index in [1.54, 1.807) is 17.0 Å². The lowest BCUT2D eigenvalue weighted by Crippen LogP contribution is -2.35. The van der Waals surface area contributed by atoms with Crippen molar-refractivity contribution in [3.8, 4) is 5.75 Å². The van der Waals surface area contributed by atoms with Crippen molar-refractivity contribution in [2.24, 2.45) is 11.8 Å². The average molecular weight is 360 g/mol. The first-order valence-corrected chi connectivity index (χ1v) is 9.82. The molecule has 7 heteroatoms. The van der Waals surface area contributed by atoms with Gasteiger partial charge in [0.15, 0.2) is 0 Å². The highest BCUT2D eigenvalue weighted by Gasteiger charge is 2.28. The van der Waals surface area contributed by atoms with Gasteiger partial charge in [-0.2, -0.15) is 8.42 Å². The monoisotopic (exact) mass is 359 g/mol. The fourth-order valence-corrected chi connectivity index (χ4v) is 3.01. The molecule has 1 amide bonds. The number of amides is 1. The molecule has 1 aliphatic rings. The van der Waals surface area contributed by atoms with E-state index in [2.05, 4.69) is 0 Å². The fourth-order valence-electron chi connectivity index (χ4n) is 2.33. The van der Waals surface area contributed by atoms with E-state index < -0.39 is 10.1 Å². The molecule has 0 aromatic heterocycles. The van der Waals surface area contributed by atoms with E-state index in [0.29, 0.717) is 29.6 Å². The van der Waals surface area contributed by atoms with Crippen LogP contribution in [0.25, 0.3) is 0 Å². The molecule has 1 fully saturated rings. The number of rotatable bonds is 7. The first-order valence-electron chi connectivity index (χ1n) is 7.62. The van der Waals surface area contributed by atoms with Gasteiger partial charge in [-0.05, 0) is 37.0 Å². The van der Waals surface area contributed by atoms with Crippen molar-refractivity contribution in [2.75, 3.05) is 12.8 Å². The van der Waals surface area contributed by atoms with Crippen molar-refractivity contribution in [3.05, 3.63) is 28.8 Å². The molecule has 1 aromatic rings. The molecule has 1 saturated carbocycles. The van der Waals surface area contributed by atoms with Gasteiger partial charge in [-0.15, -0.1) is 0 Å². The third-order valence-electron chi connectivity index (χ3n) is 3.61. The maximum absolute atomic E-state index is 12.4. The summed E-state index contributed by atoms with van der Waals surface area (Å²) in [6, 6.07) is 4.74. The first-order chi connectivity index (χ1) is 10.7. The Labute approximate surface area is 142 Å². The van der Waals surface area contributed by atoms with E-state index in [1.807, 2.05) is 13.8 Å². The Morgan fingerprint density at radius 1 is 1.39 bits per heavy atom. The summed E-state index contributed by atoms with van der Waals surface area (Å²) in [5.74, 6) is 0.680. The predicted molar refractivity (Wildman–Crippen MR) is 89.9 cm³/mol. The quantitative estimate of drug-likeness (QED) is 0.702. The van der Waals surface area contributed by atoms with E-state index >= 15 is 0 Å². The molecule has 1 aromatic carbocycles. The summed E-state index contributed by atoms with van der Waals surface area (Å²) in [5, 5.41) is 0.476. The van der Waals surface area contributed by atoms with Crippen LogP contribution in [-0.2, 0) is 21.5 Å². The third kappa shape index (κ3) is 5.70. The Morgan fingerprint density at radius 3 is 2.57 bits per heavy atom. The molecule has 23 heavy (non-hydrogen) atoms. The summed E-state index contributed by atoms with van der Waals surface area (Å²) in [6.45, 7) is 4.68. The molecule has 0 saturated heterocycles. The number of carbonyl (C=O) groups excluding carboxylic acids is 1. The summed E-state index contributed by atoms with van der Waals surface area (Å²) in [4.78, 5) is 14.2. The van der Waals surface area contributed by atoms with Crippen molar-refractivity contribution < 1.29 is 17.4 Å². The van der Waals surface area contributed by atoms with E-state index in [-0.39, 0.29) is 17.6 Å². The number of carbonyl (C=O) groups is 1. The topological polar surface area (TPSA) is 63.7 Å². The molecule has 0 heterocycles. The highest BCUT2D eigenvalue weighted by molar-refractivity contribution is 7.86. The molecular formula is C16H22ClNO4S. The standard InChI is InChI=1S/C16H22ClNO4S/c1-11(2)16(19)18(9-12-4-5-12)10-13-8-14(17)6-7-15(13)22-23(3,20)21/h6-8,11-12H,4-5,9-10H2,1-3H3. The smallest absolute Gasteiger partial charge is 0.306 e. The summed E-state index contributed by atoms with van der Waals surface area (Å²) < 4.78 is 27.9. The van der Waals surface area contributed by atoms with E-state index in [9.17, 15) is 13.2 Å². The summed E-state index contributed by atoms with van der Waals surface area (Å²) in [6.07, 6.45) is 3.25. The van der Waals surface area contributed by atoms with Gasteiger partial charge in [0.1, 0.15) is 5.75 Å². The van der Waals surface area contributed by atoms with Crippen LogP contribution in [0, 0.1) is 11.8 Å². The van der Waals surface area contributed by atoms with E-state index in [1.165, 1.54) is 6.07 Å². The zero-order valence-electron chi connectivity index (χ0n) is 13.6. The minimum absolute atomic E-state index is 0.0437. The van der Waals surface area contributed by atoms with Gasteiger partial charge >= 0.3 is 10.1 Å². The first kappa shape index (κ1) is 18.1. The van der Waals surface area contributed by atoms with Crippen LogP contribution < -0.4 is 4.18 Å². The molecule has 0 radical (unpaired) electrons. The SMILES string of the molecule is CC(C)C(=O)N(Cc1cc(Cl)ccc1OS(C)(=O)=O)CC1CC1. The van der Waals surface area contributed by atoms with Crippen LogP contribution in [0.2, 0.25) is 5.02 Å².